The first kappa shape index (κ1) is 17.7. The molecule has 2 aliphatic rings. The third kappa shape index (κ3) is 5.58. The number of hydrogen-bond donors (Lipinski definition) is 2. The number of amides is 1. The Morgan fingerprint density at radius 2 is 1.85 bits per heavy atom. The van der Waals surface area contributed by atoms with Crippen LogP contribution in [0.2, 0.25) is 0 Å². The Balaban J connectivity index is 0.00000200. The summed E-state index contributed by atoms with van der Waals surface area (Å²) in [7, 11) is 0. The molecule has 5 heteroatoms. The van der Waals surface area contributed by atoms with Gasteiger partial charge in [-0.25, -0.2) is 0 Å². The summed E-state index contributed by atoms with van der Waals surface area (Å²) in [6, 6.07) is 0.552. The number of rotatable bonds is 6. The number of likely N-dealkylation sites (tertiary alicyclic amines) is 1. The van der Waals surface area contributed by atoms with Crippen molar-refractivity contribution in [3.63, 3.8) is 0 Å². The van der Waals surface area contributed by atoms with Crippen LogP contribution < -0.4 is 11.1 Å². The number of halogens is 1. The second-order valence-corrected chi connectivity index (χ2v) is 6.14. The van der Waals surface area contributed by atoms with E-state index in [-0.39, 0.29) is 18.3 Å². The van der Waals surface area contributed by atoms with Crippen molar-refractivity contribution in [2.45, 2.75) is 57.4 Å². The maximum Gasteiger partial charge on any atom is 0.221 e. The molecule has 1 amide bonds. The maximum absolute atomic E-state index is 11.5. The predicted molar refractivity (Wildman–Crippen MR) is 85.1 cm³/mol. The lowest BCUT2D eigenvalue weighted by molar-refractivity contribution is -0.121. The van der Waals surface area contributed by atoms with Crippen molar-refractivity contribution in [2.75, 3.05) is 26.2 Å². The lowest BCUT2D eigenvalue weighted by atomic mass is 9.99. The van der Waals surface area contributed by atoms with Gasteiger partial charge in [-0.2, -0.15) is 0 Å². The summed E-state index contributed by atoms with van der Waals surface area (Å²) in [5, 5.41) is 3.05. The third-order valence-electron chi connectivity index (χ3n) is 4.62. The van der Waals surface area contributed by atoms with E-state index in [1.165, 1.54) is 58.0 Å². The molecule has 1 saturated heterocycles. The lowest BCUT2D eigenvalue weighted by Crippen LogP contribution is -2.48. The van der Waals surface area contributed by atoms with Gasteiger partial charge < -0.3 is 11.1 Å². The van der Waals surface area contributed by atoms with E-state index >= 15 is 0 Å². The molecular weight excluding hydrogens is 274 g/mol. The lowest BCUT2D eigenvalue weighted by Gasteiger charge is -2.37. The molecule has 0 aromatic carbocycles. The fraction of sp³-hybridized carbons (Fsp3) is 0.933. The van der Waals surface area contributed by atoms with Gasteiger partial charge in [0.05, 0.1) is 0 Å². The first-order chi connectivity index (χ1) is 9.29. The van der Waals surface area contributed by atoms with Crippen LogP contribution in [0.4, 0.5) is 0 Å². The Bertz CT molecular complexity index is 282. The molecule has 2 fully saturated rings. The molecule has 1 saturated carbocycles. The highest BCUT2D eigenvalue weighted by molar-refractivity contribution is 5.85. The van der Waals surface area contributed by atoms with Crippen LogP contribution in [-0.2, 0) is 4.79 Å². The molecule has 1 aliphatic carbocycles. The minimum atomic E-state index is 0. The summed E-state index contributed by atoms with van der Waals surface area (Å²) < 4.78 is 0. The van der Waals surface area contributed by atoms with Gasteiger partial charge in [0, 0.05) is 32.1 Å². The molecule has 20 heavy (non-hydrogen) atoms. The van der Waals surface area contributed by atoms with E-state index in [1.54, 1.807) is 0 Å². The smallest absolute Gasteiger partial charge is 0.221 e. The van der Waals surface area contributed by atoms with Crippen molar-refractivity contribution in [3.8, 4) is 0 Å². The fourth-order valence-corrected chi connectivity index (χ4v) is 3.51. The Labute approximate surface area is 129 Å². The molecule has 1 unspecified atom stereocenters. The molecule has 4 nitrogen and oxygen atoms in total. The molecule has 1 atom stereocenters. The molecule has 0 aromatic rings. The average molecular weight is 304 g/mol. The molecule has 1 aliphatic heterocycles. The van der Waals surface area contributed by atoms with Crippen molar-refractivity contribution in [2.24, 2.45) is 11.7 Å². The summed E-state index contributed by atoms with van der Waals surface area (Å²) in [5.74, 6) is 1.01. The maximum atomic E-state index is 11.5. The van der Waals surface area contributed by atoms with Gasteiger partial charge in [0.1, 0.15) is 0 Å². The zero-order valence-corrected chi connectivity index (χ0v) is 13.3. The number of nitrogens with one attached hydrogen (secondary N) is 1. The van der Waals surface area contributed by atoms with Crippen molar-refractivity contribution < 1.29 is 4.79 Å². The van der Waals surface area contributed by atoms with Crippen LogP contribution in [0.1, 0.15) is 51.4 Å². The van der Waals surface area contributed by atoms with Crippen LogP contribution in [-0.4, -0.2) is 43.0 Å². The third-order valence-corrected chi connectivity index (χ3v) is 4.62. The Hall–Kier alpha value is -0.320. The van der Waals surface area contributed by atoms with Gasteiger partial charge in [-0.3, -0.25) is 9.69 Å². The monoisotopic (exact) mass is 303 g/mol. The highest BCUT2D eigenvalue weighted by Gasteiger charge is 2.26. The number of nitrogens with two attached hydrogens (primary N) is 1. The van der Waals surface area contributed by atoms with E-state index in [0.29, 0.717) is 19.0 Å². The Morgan fingerprint density at radius 1 is 1.15 bits per heavy atom. The Kier molecular flexibility index (Phi) is 8.50. The number of piperidine rings is 1. The molecule has 118 valence electrons. The highest BCUT2D eigenvalue weighted by Crippen LogP contribution is 2.28. The number of hydrogen-bond acceptors (Lipinski definition) is 3. The van der Waals surface area contributed by atoms with Crippen molar-refractivity contribution >= 4 is 18.3 Å². The van der Waals surface area contributed by atoms with Crippen molar-refractivity contribution in [1.29, 1.82) is 0 Å². The quantitative estimate of drug-likeness (QED) is 0.788. The van der Waals surface area contributed by atoms with Gasteiger partial charge in [0.25, 0.3) is 0 Å². The summed E-state index contributed by atoms with van der Waals surface area (Å²) >= 11 is 0. The number of carbonyl (C=O) groups is 1. The minimum Gasteiger partial charge on any atom is -0.354 e. The molecule has 0 aromatic heterocycles. The topological polar surface area (TPSA) is 58.4 Å². The second kappa shape index (κ2) is 9.59. The zero-order valence-electron chi connectivity index (χ0n) is 12.5. The molecule has 0 spiro atoms. The van der Waals surface area contributed by atoms with Gasteiger partial charge in [-0.05, 0) is 38.1 Å². The minimum absolute atomic E-state index is 0. The van der Waals surface area contributed by atoms with E-state index in [1.807, 2.05) is 0 Å². The molecule has 3 N–H and O–H groups in total. The summed E-state index contributed by atoms with van der Waals surface area (Å²) in [6.45, 7) is 3.72. The second-order valence-electron chi connectivity index (χ2n) is 6.14. The largest absolute Gasteiger partial charge is 0.354 e. The van der Waals surface area contributed by atoms with E-state index < -0.39 is 0 Å². The fourth-order valence-electron chi connectivity index (χ4n) is 3.51. The van der Waals surface area contributed by atoms with Crippen molar-refractivity contribution in [3.05, 3.63) is 0 Å². The number of nitrogens with zero attached hydrogens (tertiary/aromatic N) is 1. The summed E-state index contributed by atoms with van der Waals surface area (Å²) in [6.07, 6.45) is 9.95. The van der Waals surface area contributed by atoms with Crippen LogP contribution >= 0.6 is 12.4 Å². The normalized spacial score (nSPS) is 24.4. The zero-order chi connectivity index (χ0) is 13.5. The molecule has 1 heterocycles. The average Bonchev–Trinajstić information content (AvgIpc) is 2.91. The molecule has 2 rings (SSSR count). The van der Waals surface area contributed by atoms with E-state index in [2.05, 4.69) is 10.2 Å². The summed E-state index contributed by atoms with van der Waals surface area (Å²) in [5.41, 5.74) is 5.40. The van der Waals surface area contributed by atoms with E-state index in [4.69, 9.17) is 5.73 Å². The van der Waals surface area contributed by atoms with Crippen LogP contribution in [0.5, 0.6) is 0 Å². The van der Waals surface area contributed by atoms with E-state index in [0.717, 1.165) is 12.5 Å². The van der Waals surface area contributed by atoms with Crippen LogP contribution in [0.15, 0.2) is 0 Å². The first-order valence-electron chi connectivity index (χ1n) is 8.00. The van der Waals surface area contributed by atoms with Gasteiger partial charge in [0.15, 0.2) is 0 Å². The van der Waals surface area contributed by atoms with Crippen LogP contribution in [0, 0.1) is 5.92 Å². The van der Waals surface area contributed by atoms with Gasteiger partial charge >= 0.3 is 0 Å². The number of carbonyl (C=O) groups excluding carboxylic acids is 1. The van der Waals surface area contributed by atoms with Crippen LogP contribution in [0.25, 0.3) is 0 Å². The van der Waals surface area contributed by atoms with Crippen LogP contribution in [0.3, 0.4) is 0 Å². The SMILES string of the molecule is Cl.NCCC(=O)NCC1CCCCN1CC1CCCC1. The van der Waals surface area contributed by atoms with Crippen molar-refractivity contribution in [1.82, 2.24) is 10.2 Å². The van der Waals surface area contributed by atoms with Gasteiger partial charge in [-0.15, -0.1) is 12.4 Å². The Morgan fingerprint density at radius 3 is 2.55 bits per heavy atom. The molecular formula is C15H30ClN3O. The molecule has 0 radical (unpaired) electrons. The van der Waals surface area contributed by atoms with E-state index in [9.17, 15) is 4.79 Å². The summed E-state index contributed by atoms with van der Waals surface area (Å²) in [4.78, 5) is 14.2. The van der Waals surface area contributed by atoms with Gasteiger partial charge in [0.2, 0.25) is 5.91 Å². The highest BCUT2D eigenvalue weighted by atomic mass is 35.5. The first-order valence-corrected chi connectivity index (χ1v) is 8.00. The molecule has 0 bridgehead atoms. The predicted octanol–water partition coefficient (Wildman–Crippen LogP) is 1.92. The standard InChI is InChI=1S/C15H29N3O.ClH/c16-9-8-15(19)17-11-14-7-3-4-10-18(14)12-13-5-1-2-6-13;/h13-14H,1-12,16H2,(H,17,19);1H. The van der Waals surface area contributed by atoms with Gasteiger partial charge in [-0.1, -0.05) is 19.3 Å².